The Morgan fingerprint density at radius 2 is 1.71 bits per heavy atom. The third-order valence-corrected chi connectivity index (χ3v) is 2.78. The van der Waals surface area contributed by atoms with Crippen LogP contribution >= 0.6 is 0 Å². The zero-order chi connectivity index (χ0) is 16.0. The van der Waals surface area contributed by atoms with Gasteiger partial charge in [-0.3, -0.25) is 4.99 Å². The van der Waals surface area contributed by atoms with Crippen molar-refractivity contribution in [1.29, 1.82) is 0 Å². The van der Waals surface area contributed by atoms with Gasteiger partial charge in [-0.15, -0.1) is 0 Å². The van der Waals surface area contributed by atoms with Crippen molar-refractivity contribution in [2.45, 2.75) is 59.4 Å². The molecule has 21 heavy (non-hydrogen) atoms. The number of nitrogens with one attached hydrogen (secondary N) is 3. The third kappa shape index (κ3) is 15.4. The largest absolute Gasteiger partial charge is 0.381 e. The topological polar surface area (TPSA) is 57.7 Å². The zero-order valence-corrected chi connectivity index (χ0v) is 14.7. The summed E-state index contributed by atoms with van der Waals surface area (Å²) in [6, 6.07) is 0. The van der Waals surface area contributed by atoms with E-state index in [0.717, 1.165) is 58.2 Å². The van der Waals surface area contributed by atoms with Gasteiger partial charge in [0.15, 0.2) is 5.96 Å². The van der Waals surface area contributed by atoms with E-state index in [0.29, 0.717) is 0 Å². The number of aliphatic imine (C=N–C) groups is 1. The number of hydrogen-bond donors (Lipinski definition) is 3. The fourth-order valence-corrected chi connectivity index (χ4v) is 1.67. The Hall–Kier alpha value is -0.810. The lowest BCUT2D eigenvalue weighted by Gasteiger charge is -2.21. The highest BCUT2D eigenvalue weighted by Gasteiger charge is 2.07. The standard InChI is InChI=1S/C16H36N4O/c1-6-8-13-21-14-9-10-18-15(17-7-2)19-11-12-20-16(3,4)5/h20H,6-14H2,1-5H3,(H2,17,18,19). The van der Waals surface area contributed by atoms with Crippen LogP contribution in [0.15, 0.2) is 4.99 Å². The molecule has 5 nitrogen and oxygen atoms in total. The predicted molar refractivity (Wildman–Crippen MR) is 92.1 cm³/mol. The molecule has 5 heteroatoms. The molecule has 0 atom stereocenters. The summed E-state index contributed by atoms with van der Waals surface area (Å²) in [6.07, 6.45) is 3.31. The molecular formula is C16H36N4O. The molecule has 126 valence electrons. The highest BCUT2D eigenvalue weighted by molar-refractivity contribution is 5.79. The van der Waals surface area contributed by atoms with Crippen LogP contribution in [-0.4, -0.2) is 50.9 Å². The van der Waals surface area contributed by atoms with E-state index < -0.39 is 0 Å². The molecule has 0 saturated carbocycles. The summed E-state index contributed by atoms with van der Waals surface area (Å²) in [6.45, 7) is 15.9. The summed E-state index contributed by atoms with van der Waals surface area (Å²) in [7, 11) is 0. The highest BCUT2D eigenvalue weighted by Crippen LogP contribution is 1.96. The maximum absolute atomic E-state index is 5.53. The molecule has 0 spiro atoms. The second kappa shape index (κ2) is 12.9. The Morgan fingerprint density at radius 3 is 2.33 bits per heavy atom. The van der Waals surface area contributed by atoms with Crippen molar-refractivity contribution in [1.82, 2.24) is 16.0 Å². The summed E-state index contributed by atoms with van der Waals surface area (Å²) in [5.74, 6) is 0.891. The number of hydrogen-bond acceptors (Lipinski definition) is 3. The van der Waals surface area contributed by atoms with Gasteiger partial charge in [0.2, 0.25) is 0 Å². The van der Waals surface area contributed by atoms with Crippen molar-refractivity contribution in [2.24, 2.45) is 4.99 Å². The second-order valence-electron chi connectivity index (χ2n) is 6.18. The van der Waals surface area contributed by atoms with Crippen LogP contribution in [0.25, 0.3) is 0 Å². The Labute approximate surface area is 131 Å². The van der Waals surface area contributed by atoms with Crippen LogP contribution in [0.1, 0.15) is 53.9 Å². The summed E-state index contributed by atoms with van der Waals surface area (Å²) in [5.41, 5.74) is 0.160. The van der Waals surface area contributed by atoms with E-state index >= 15 is 0 Å². The first-order valence-corrected chi connectivity index (χ1v) is 8.34. The quantitative estimate of drug-likeness (QED) is 0.311. The van der Waals surface area contributed by atoms with Gasteiger partial charge >= 0.3 is 0 Å². The Kier molecular flexibility index (Phi) is 12.4. The average molecular weight is 300 g/mol. The maximum Gasteiger partial charge on any atom is 0.191 e. The molecule has 0 amide bonds. The molecule has 0 unspecified atom stereocenters. The van der Waals surface area contributed by atoms with Gasteiger partial charge in [-0.1, -0.05) is 13.3 Å². The molecular weight excluding hydrogens is 264 g/mol. The van der Waals surface area contributed by atoms with Gasteiger partial charge in [0.25, 0.3) is 0 Å². The van der Waals surface area contributed by atoms with E-state index in [-0.39, 0.29) is 5.54 Å². The Bertz CT molecular complexity index is 261. The van der Waals surface area contributed by atoms with Crippen molar-refractivity contribution in [3.63, 3.8) is 0 Å². The minimum atomic E-state index is 0.160. The molecule has 0 aromatic heterocycles. The lowest BCUT2D eigenvalue weighted by molar-refractivity contribution is 0.130. The van der Waals surface area contributed by atoms with Crippen LogP contribution < -0.4 is 16.0 Å². The minimum Gasteiger partial charge on any atom is -0.381 e. The molecule has 0 aliphatic heterocycles. The van der Waals surface area contributed by atoms with Crippen LogP contribution in [0.4, 0.5) is 0 Å². The predicted octanol–water partition coefficient (Wildman–Crippen LogP) is 2.14. The van der Waals surface area contributed by atoms with Gasteiger partial charge in [-0.2, -0.15) is 0 Å². The second-order valence-corrected chi connectivity index (χ2v) is 6.18. The zero-order valence-electron chi connectivity index (χ0n) is 14.7. The van der Waals surface area contributed by atoms with E-state index in [1.54, 1.807) is 0 Å². The molecule has 0 rings (SSSR count). The van der Waals surface area contributed by atoms with Gasteiger partial charge in [0.05, 0.1) is 0 Å². The van der Waals surface area contributed by atoms with Crippen LogP contribution in [0.2, 0.25) is 0 Å². The lowest BCUT2D eigenvalue weighted by Crippen LogP contribution is -2.44. The summed E-state index contributed by atoms with van der Waals surface area (Å²) in [4.78, 5) is 4.55. The van der Waals surface area contributed by atoms with Gasteiger partial charge in [0, 0.05) is 44.9 Å². The summed E-state index contributed by atoms with van der Waals surface area (Å²) < 4.78 is 5.53. The molecule has 0 saturated heterocycles. The number of unbranched alkanes of at least 4 members (excludes halogenated alkanes) is 1. The number of ether oxygens (including phenoxy) is 1. The molecule has 0 fully saturated rings. The van der Waals surface area contributed by atoms with Gasteiger partial charge in [0.1, 0.15) is 0 Å². The van der Waals surface area contributed by atoms with Crippen LogP contribution in [-0.2, 0) is 4.74 Å². The SMILES string of the molecule is CCCCOCCCN=C(NCC)NCCNC(C)(C)C. The molecule has 3 N–H and O–H groups in total. The van der Waals surface area contributed by atoms with Gasteiger partial charge in [-0.25, -0.2) is 0 Å². The fourth-order valence-electron chi connectivity index (χ4n) is 1.67. The summed E-state index contributed by atoms with van der Waals surface area (Å²) >= 11 is 0. The number of rotatable bonds is 11. The third-order valence-electron chi connectivity index (χ3n) is 2.78. The molecule has 0 bridgehead atoms. The molecule has 0 aliphatic rings. The number of nitrogens with zero attached hydrogens (tertiary/aromatic N) is 1. The summed E-state index contributed by atoms with van der Waals surface area (Å²) in [5, 5.41) is 10.1. The first-order chi connectivity index (χ1) is 9.99. The van der Waals surface area contributed by atoms with E-state index in [1.165, 1.54) is 6.42 Å². The average Bonchev–Trinajstić information content (AvgIpc) is 2.41. The Balaban J connectivity index is 3.75. The lowest BCUT2D eigenvalue weighted by atomic mass is 10.1. The molecule has 0 aromatic rings. The van der Waals surface area contributed by atoms with Crippen molar-refractivity contribution in [3.8, 4) is 0 Å². The molecule has 0 radical (unpaired) electrons. The smallest absolute Gasteiger partial charge is 0.191 e. The van der Waals surface area contributed by atoms with E-state index in [1.807, 2.05) is 0 Å². The van der Waals surface area contributed by atoms with Crippen LogP contribution in [0.3, 0.4) is 0 Å². The van der Waals surface area contributed by atoms with Crippen LogP contribution in [0, 0.1) is 0 Å². The number of guanidine groups is 1. The van der Waals surface area contributed by atoms with E-state index in [4.69, 9.17) is 4.74 Å². The molecule has 0 heterocycles. The first-order valence-electron chi connectivity index (χ1n) is 8.34. The Morgan fingerprint density at radius 1 is 1.00 bits per heavy atom. The van der Waals surface area contributed by atoms with E-state index in [9.17, 15) is 0 Å². The highest BCUT2D eigenvalue weighted by atomic mass is 16.5. The maximum atomic E-state index is 5.53. The first kappa shape index (κ1) is 20.2. The normalized spacial score (nSPS) is 12.5. The molecule has 0 aliphatic carbocycles. The van der Waals surface area contributed by atoms with Crippen LogP contribution in [0.5, 0.6) is 0 Å². The minimum absolute atomic E-state index is 0.160. The van der Waals surface area contributed by atoms with Gasteiger partial charge < -0.3 is 20.7 Å². The fraction of sp³-hybridized carbons (Fsp3) is 0.938. The van der Waals surface area contributed by atoms with Crippen molar-refractivity contribution in [2.75, 3.05) is 39.4 Å². The van der Waals surface area contributed by atoms with E-state index in [2.05, 4.69) is 55.6 Å². The molecule has 0 aromatic carbocycles. The van der Waals surface area contributed by atoms with Crippen molar-refractivity contribution < 1.29 is 4.74 Å². The monoisotopic (exact) mass is 300 g/mol. The van der Waals surface area contributed by atoms with Crippen molar-refractivity contribution >= 4 is 5.96 Å². The van der Waals surface area contributed by atoms with Gasteiger partial charge in [-0.05, 0) is 40.5 Å². The van der Waals surface area contributed by atoms with Crippen molar-refractivity contribution in [3.05, 3.63) is 0 Å².